The molecule has 2 heteroatoms. The normalized spacial score (nSPS) is 10.6. The third-order valence-electron chi connectivity index (χ3n) is 6.06. The highest BCUT2D eigenvalue weighted by atomic mass is 15.1. The lowest BCUT2D eigenvalue weighted by Gasteiger charge is -2.25. The number of anilines is 4. The van der Waals surface area contributed by atoms with Crippen molar-refractivity contribution in [2.24, 2.45) is 0 Å². The summed E-state index contributed by atoms with van der Waals surface area (Å²) in [6, 6.07) is 49.2. The summed E-state index contributed by atoms with van der Waals surface area (Å²) >= 11 is 0. The Labute approximate surface area is 202 Å². The molecule has 2 nitrogen and oxygen atoms in total. The van der Waals surface area contributed by atoms with E-state index in [1.54, 1.807) is 0 Å². The zero-order valence-electron chi connectivity index (χ0n) is 19.4. The number of para-hydroxylation sites is 2. The minimum Gasteiger partial charge on any atom is -0.370 e. The molecule has 34 heavy (non-hydrogen) atoms. The lowest BCUT2D eigenvalue weighted by atomic mass is 10.0. The second-order valence-electron chi connectivity index (χ2n) is 8.44. The van der Waals surface area contributed by atoms with Crippen molar-refractivity contribution in [1.29, 1.82) is 0 Å². The predicted octanol–water partition coefficient (Wildman–Crippen LogP) is 8.46. The Morgan fingerprint density at radius 2 is 0.794 bits per heavy atom. The molecule has 166 valence electrons. The largest absolute Gasteiger partial charge is 0.370 e. The second-order valence-corrected chi connectivity index (χ2v) is 8.44. The van der Waals surface area contributed by atoms with Crippen molar-refractivity contribution in [3.63, 3.8) is 0 Å². The first-order valence-electron chi connectivity index (χ1n) is 11.6. The summed E-state index contributed by atoms with van der Waals surface area (Å²) < 4.78 is 0. The molecule has 0 aliphatic rings. The fraction of sp³-hybridized carbons (Fsp3) is 0.0625. The monoisotopic (exact) mass is 440 g/mol. The van der Waals surface area contributed by atoms with Crippen LogP contribution in [-0.4, -0.2) is 7.05 Å². The molecule has 5 aromatic carbocycles. The van der Waals surface area contributed by atoms with Crippen LogP contribution >= 0.6 is 0 Å². The van der Waals surface area contributed by atoms with E-state index in [0.717, 1.165) is 23.6 Å². The highest BCUT2D eigenvalue weighted by Crippen LogP contribution is 2.35. The molecule has 0 atom stereocenters. The molecule has 0 aliphatic carbocycles. The summed E-state index contributed by atoms with van der Waals surface area (Å²) in [5.41, 5.74) is 8.38. The lowest BCUT2D eigenvalue weighted by molar-refractivity contribution is 0.923. The van der Waals surface area contributed by atoms with Crippen LogP contribution in [0.25, 0.3) is 11.1 Å². The molecule has 0 radical (unpaired) electrons. The Morgan fingerprint density at radius 3 is 1.26 bits per heavy atom. The van der Waals surface area contributed by atoms with Gasteiger partial charge in [-0.15, -0.1) is 0 Å². The van der Waals surface area contributed by atoms with Crippen LogP contribution in [0.2, 0.25) is 0 Å². The van der Waals surface area contributed by atoms with E-state index < -0.39 is 0 Å². The van der Waals surface area contributed by atoms with Gasteiger partial charge in [0.2, 0.25) is 0 Å². The molecule has 0 N–H and O–H groups in total. The van der Waals surface area contributed by atoms with Crippen LogP contribution in [0.5, 0.6) is 0 Å². The minimum absolute atomic E-state index is 0.893. The summed E-state index contributed by atoms with van der Waals surface area (Å²) in [7, 11) is 2.14. The van der Waals surface area contributed by atoms with E-state index in [0.29, 0.717) is 0 Å². The van der Waals surface area contributed by atoms with Gasteiger partial charge >= 0.3 is 0 Å². The first-order chi connectivity index (χ1) is 16.8. The van der Waals surface area contributed by atoms with Crippen LogP contribution in [0.1, 0.15) is 5.56 Å². The second kappa shape index (κ2) is 10.1. The van der Waals surface area contributed by atoms with E-state index in [9.17, 15) is 0 Å². The number of rotatable bonds is 7. The van der Waals surface area contributed by atoms with Crippen molar-refractivity contribution in [1.82, 2.24) is 0 Å². The number of nitrogens with zero attached hydrogens (tertiary/aromatic N) is 2. The van der Waals surface area contributed by atoms with Crippen molar-refractivity contribution in [2.75, 3.05) is 16.8 Å². The maximum Gasteiger partial charge on any atom is 0.0462 e. The molecule has 0 heterocycles. The SMILES string of the molecule is CN(Cc1ccccc1)c1ccc(-c2ccc(N(c3ccccc3)c3ccccc3)cc2)cc1. The molecular formula is C32H28N2. The van der Waals surface area contributed by atoms with Gasteiger partial charge in [-0.05, 0) is 65.2 Å². The van der Waals surface area contributed by atoms with Crippen LogP contribution < -0.4 is 9.80 Å². The van der Waals surface area contributed by atoms with Gasteiger partial charge in [0.05, 0.1) is 0 Å². The first-order valence-corrected chi connectivity index (χ1v) is 11.6. The van der Waals surface area contributed by atoms with Crippen LogP contribution in [0.15, 0.2) is 140 Å². The predicted molar refractivity (Wildman–Crippen MR) is 145 cm³/mol. The molecule has 0 aromatic heterocycles. The van der Waals surface area contributed by atoms with Crippen LogP contribution in [0.4, 0.5) is 22.7 Å². The summed E-state index contributed by atoms with van der Waals surface area (Å²) in [6.07, 6.45) is 0. The first kappa shape index (κ1) is 21.5. The Balaban J connectivity index is 1.37. The topological polar surface area (TPSA) is 6.48 Å². The maximum absolute atomic E-state index is 2.28. The Kier molecular flexibility index (Phi) is 6.40. The smallest absolute Gasteiger partial charge is 0.0462 e. The third-order valence-corrected chi connectivity index (χ3v) is 6.06. The van der Waals surface area contributed by atoms with E-state index in [1.807, 2.05) is 0 Å². The fourth-order valence-corrected chi connectivity index (χ4v) is 4.26. The molecule has 0 aliphatic heterocycles. The standard InChI is InChI=1S/C32H28N2/c1-33(25-26-11-5-2-6-12-26)29-21-17-27(18-22-29)28-19-23-32(24-20-28)34(30-13-7-3-8-14-30)31-15-9-4-10-16-31/h2-24H,25H2,1H3. The maximum atomic E-state index is 2.28. The summed E-state index contributed by atoms with van der Waals surface area (Å²) in [5.74, 6) is 0. The van der Waals surface area contributed by atoms with Gasteiger partial charge in [0.1, 0.15) is 0 Å². The molecule has 0 unspecified atom stereocenters. The molecule has 0 fully saturated rings. The zero-order chi connectivity index (χ0) is 23.2. The Morgan fingerprint density at radius 1 is 0.412 bits per heavy atom. The molecule has 0 saturated carbocycles. The van der Waals surface area contributed by atoms with Crippen LogP contribution in [0.3, 0.4) is 0 Å². The van der Waals surface area contributed by atoms with Gasteiger partial charge in [0, 0.05) is 36.3 Å². The van der Waals surface area contributed by atoms with E-state index >= 15 is 0 Å². The average Bonchev–Trinajstić information content (AvgIpc) is 2.91. The van der Waals surface area contributed by atoms with Crippen LogP contribution in [-0.2, 0) is 6.54 Å². The van der Waals surface area contributed by atoms with Crippen molar-refractivity contribution in [3.05, 3.63) is 145 Å². The molecule has 0 spiro atoms. The van der Waals surface area contributed by atoms with Crippen molar-refractivity contribution >= 4 is 22.7 Å². The number of hydrogen-bond donors (Lipinski definition) is 0. The molecular weight excluding hydrogens is 412 g/mol. The Hall–Kier alpha value is -4.30. The summed E-state index contributed by atoms with van der Waals surface area (Å²) in [4.78, 5) is 4.56. The summed E-state index contributed by atoms with van der Waals surface area (Å²) in [6.45, 7) is 0.893. The third kappa shape index (κ3) is 4.87. The number of benzene rings is 5. The highest BCUT2D eigenvalue weighted by Gasteiger charge is 2.12. The minimum atomic E-state index is 0.893. The molecule has 0 saturated heterocycles. The van der Waals surface area contributed by atoms with E-state index in [2.05, 4.69) is 156 Å². The van der Waals surface area contributed by atoms with Crippen molar-refractivity contribution < 1.29 is 0 Å². The van der Waals surface area contributed by atoms with Gasteiger partial charge in [0.25, 0.3) is 0 Å². The number of hydrogen-bond acceptors (Lipinski definition) is 2. The zero-order valence-corrected chi connectivity index (χ0v) is 19.4. The van der Waals surface area contributed by atoms with Gasteiger partial charge in [-0.2, -0.15) is 0 Å². The average molecular weight is 441 g/mol. The quantitative estimate of drug-likeness (QED) is 0.250. The van der Waals surface area contributed by atoms with Crippen molar-refractivity contribution in [3.8, 4) is 11.1 Å². The van der Waals surface area contributed by atoms with Gasteiger partial charge < -0.3 is 9.80 Å². The van der Waals surface area contributed by atoms with Crippen molar-refractivity contribution in [2.45, 2.75) is 6.54 Å². The van der Waals surface area contributed by atoms with Gasteiger partial charge in [0.15, 0.2) is 0 Å². The summed E-state index contributed by atoms with van der Waals surface area (Å²) in [5, 5.41) is 0. The van der Waals surface area contributed by atoms with Gasteiger partial charge in [-0.3, -0.25) is 0 Å². The molecule has 0 bridgehead atoms. The van der Waals surface area contributed by atoms with E-state index in [-0.39, 0.29) is 0 Å². The van der Waals surface area contributed by atoms with E-state index in [1.165, 1.54) is 22.4 Å². The lowest BCUT2D eigenvalue weighted by Crippen LogP contribution is -2.15. The van der Waals surface area contributed by atoms with Gasteiger partial charge in [-0.25, -0.2) is 0 Å². The van der Waals surface area contributed by atoms with Crippen LogP contribution in [0, 0.1) is 0 Å². The molecule has 0 amide bonds. The Bertz CT molecular complexity index is 1260. The highest BCUT2D eigenvalue weighted by molar-refractivity contribution is 5.78. The molecule has 5 aromatic rings. The molecule has 5 rings (SSSR count). The van der Waals surface area contributed by atoms with Gasteiger partial charge in [-0.1, -0.05) is 91.0 Å². The van der Waals surface area contributed by atoms with E-state index in [4.69, 9.17) is 0 Å². The fourth-order valence-electron chi connectivity index (χ4n) is 4.26.